The van der Waals surface area contributed by atoms with Crippen LogP contribution in [0.1, 0.15) is 46.5 Å². The Labute approximate surface area is 129 Å². The summed E-state index contributed by atoms with van der Waals surface area (Å²) in [7, 11) is 0. The van der Waals surface area contributed by atoms with Gasteiger partial charge in [0.2, 0.25) is 0 Å². The van der Waals surface area contributed by atoms with Gasteiger partial charge in [0.25, 0.3) is 0 Å². The molecule has 0 saturated carbocycles. The lowest BCUT2D eigenvalue weighted by Crippen LogP contribution is -2.40. The van der Waals surface area contributed by atoms with Gasteiger partial charge in [-0.1, -0.05) is 32.5 Å². The molecule has 0 atom stereocenters. The van der Waals surface area contributed by atoms with Gasteiger partial charge < -0.3 is 10.2 Å². The summed E-state index contributed by atoms with van der Waals surface area (Å²) in [4.78, 5) is 7.35. The molecule has 4 heteroatoms. The third kappa shape index (κ3) is 4.14. The lowest BCUT2D eigenvalue weighted by atomic mass is 9.84. The van der Waals surface area contributed by atoms with Crippen molar-refractivity contribution in [3.05, 3.63) is 0 Å². The topological polar surface area (TPSA) is 27.6 Å². The maximum Gasteiger partial charge on any atom is 0.156 e. The molecule has 0 spiro atoms. The third-order valence-corrected chi connectivity index (χ3v) is 6.57. The van der Waals surface area contributed by atoms with Crippen molar-refractivity contribution in [3.8, 4) is 0 Å². The molecule has 0 bridgehead atoms. The fourth-order valence-corrected chi connectivity index (χ4v) is 4.36. The lowest BCUT2D eigenvalue weighted by molar-refractivity contribution is 0.193. The van der Waals surface area contributed by atoms with Crippen LogP contribution in [-0.2, 0) is 0 Å². The maximum absolute atomic E-state index is 4.80. The van der Waals surface area contributed by atoms with Crippen LogP contribution < -0.4 is 5.32 Å². The van der Waals surface area contributed by atoms with Gasteiger partial charge in [-0.3, -0.25) is 4.99 Å². The van der Waals surface area contributed by atoms with Gasteiger partial charge in [0.1, 0.15) is 0 Å². The zero-order chi connectivity index (χ0) is 14.4. The van der Waals surface area contributed by atoms with E-state index in [2.05, 4.69) is 31.0 Å². The van der Waals surface area contributed by atoms with E-state index >= 15 is 0 Å². The van der Waals surface area contributed by atoms with Crippen molar-refractivity contribution in [1.29, 1.82) is 0 Å². The maximum atomic E-state index is 4.80. The molecule has 2 aliphatic rings. The number of nitrogens with zero attached hydrogens (tertiary/aromatic N) is 2. The van der Waals surface area contributed by atoms with Crippen molar-refractivity contribution < 1.29 is 0 Å². The van der Waals surface area contributed by atoms with Crippen molar-refractivity contribution in [2.75, 3.05) is 38.5 Å². The monoisotopic (exact) mass is 297 g/mol. The first-order valence-corrected chi connectivity index (χ1v) is 9.33. The molecule has 1 fully saturated rings. The van der Waals surface area contributed by atoms with Crippen molar-refractivity contribution in [2.45, 2.75) is 46.5 Å². The largest absolute Gasteiger partial charge is 0.365 e. The summed E-state index contributed by atoms with van der Waals surface area (Å²) in [5, 5.41) is 4.80. The number of thioether (sulfide) groups is 1. The smallest absolute Gasteiger partial charge is 0.156 e. The van der Waals surface area contributed by atoms with Crippen molar-refractivity contribution in [3.63, 3.8) is 0 Å². The molecular formula is C16H31N3S. The summed E-state index contributed by atoms with van der Waals surface area (Å²) < 4.78 is 0. The average molecular weight is 298 g/mol. The first-order chi connectivity index (χ1) is 9.71. The minimum Gasteiger partial charge on any atom is -0.365 e. The molecule has 2 heterocycles. The number of amidine groups is 1. The number of likely N-dealkylation sites (tertiary alicyclic amines) is 1. The highest BCUT2D eigenvalue weighted by atomic mass is 32.2. The zero-order valence-corrected chi connectivity index (χ0v) is 14.3. The number of nitrogens with one attached hydrogen (secondary N) is 1. The number of aliphatic imine (C=N–C) groups is 1. The summed E-state index contributed by atoms with van der Waals surface area (Å²) in [5.41, 5.74) is 0.461. The molecule has 1 saturated heterocycles. The van der Waals surface area contributed by atoms with Crippen LogP contribution in [0.3, 0.4) is 0 Å². The van der Waals surface area contributed by atoms with Crippen LogP contribution >= 0.6 is 11.8 Å². The van der Waals surface area contributed by atoms with Crippen molar-refractivity contribution in [2.24, 2.45) is 16.3 Å². The number of hydrogen-bond donors (Lipinski definition) is 1. The van der Waals surface area contributed by atoms with Crippen LogP contribution in [0.15, 0.2) is 4.99 Å². The predicted octanol–water partition coefficient (Wildman–Crippen LogP) is 3.22. The van der Waals surface area contributed by atoms with Crippen molar-refractivity contribution in [1.82, 2.24) is 10.2 Å². The fourth-order valence-electron chi connectivity index (χ4n) is 3.08. The highest BCUT2D eigenvalue weighted by Crippen LogP contribution is 2.34. The van der Waals surface area contributed by atoms with Gasteiger partial charge in [-0.05, 0) is 56.7 Å². The van der Waals surface area contributed by atoms with Crippen molar-refractivity contribution >= 4 is 16.9 Å². The van der Waals surface area contributed by atoms with Crippen LogP contribution in [0.25, 0.3) is 0 Å². The molecule has 116 valence electrons. The standard InChI is InChI=1S/C16H31N3S/c1-4-16(5-2)12-18-15(20-13-16)17-11-14-7-9-19(6-3)10-8-14/h14H,4-13H2,1-3H3,(H,17,18). The molecule has 0 aromatic heterocycles. The summed E-state index contributed by atoms with van der Waals surface area (Å²) in [6, 6.07) is 0. The summed E-state index contributed by atoms with van der Waals surface area (Å²) in [5.74, 6) is 2.07. The summed E-state index contributed by atoms with van der Waals surface area (Å²) >= 11 is 1.94. The molecule has 0 radical (unpaired) electrons. The lowest BCUT2D eigenvalue weighted by Gasteiger charge is -2.34. The van der Waals surface area contributed by atoms with Crippen LogP contribution in [0, 0.1) is 11.3 Å². The van der Waals surface area contributed by atoms with E-state index in [1.165, 1.54) is 56.2 Å². The van der Waals surface area contributed by atoms with E-state index in [1.54, 1.807) is 0 Å². The second kappa shape index (κ2) is 7.69. The van der Waals surface area contributed by atoms with E-state index < -0.39 is 0 Å². The molecule has 3 nitrogen and oxygen atoms in total. The Balaban J connectivity index is 1.72. The van der Waals surface area contributed by atoms with Gasteiger partial charge in [-0.15, -0.1) is 0 Å². The second-order valence-electron chi connectivity index (χ2n) is 6.38. The quantitative estimate of drug-likeness (QED) is 0.844. The average Bonchev–Trinajstić information content (AvgIpc) is 2.54. The molecule has 0 unspecified atom stereocenters. The van der Waals surface area contributed by atoms with Gasteiger partial charge in [-0.25, -0.2) is 0 Å². The van der Waals surface area contributed by atoms with E-state index in [0.717, 1.165) is 19.0 Å². The normalized spacial score (nSPS) is 24.4. The second-order valence-corrected chi connectivity index (χ2v) is 7.34. The Morgan fingerprint density at radius 2 is 1.95 bits per heavy atom. The first-order valence-electron chi connectivity index (χ1n) is 8.35. The highest BCUT2D eigenvalue weighted by Gasteiger charge is 2.30. The fraction of sp³-hybridized carbons (Fsp3) is 0.938. The SMILES string of the molecule is CCN1CCC(CNC2=NCC(CC)(CC)CS2)CC1. The minimum atomic E-state index is 0.461. The van der Waals surface area contributed by atoms with E-state index in [9.17, 15) is 0 Å². The van der Waals surface area contributed by atoms with Crippen LogP contribution in [-0.4, -0.2) is 48.5 Å². The molecule has 1 N–H and O–H groups in total. The van der Waals surface area contributed by atoms with Gasteiger partial charge in [0.15, 0.2) is 5.17 Å². The van der Waals surface area contributed by atoms with Gasteiger partial charge >= 0.3 is 0 Å². The van der Waals surface area contributed by atoms with Crippen LogP contribution in [0.2, 0.25) is 0 Å². The third-order valence-electron chi connectivity index (χ3n) is 5.27. The minimum absolute atomic E-state index is 0.461. The Morgan fingerprint density at radius 1 is 1.25 bits per heavy atom. The Kier molecular flexibility index (Phi) is 6.21. The molecule has 0 aliphatic carbocycles. The van der Waals surface area contributed by atoms with Crippen LogP contribution in [0.4, 0.5) is 0 Å². The van der Waals surface area contributed by atoms with E-state index in [1.807, 2.05) is 11.8 Å². The Hall–Kier alpha value is -0.220. The summed E-state index contributed by atoms with van der Waals surface area (Å²) in [6.07, 6.45) is 5.19. The molecule has 2 rings (SSSR count). The van der Waals surface area contributed by atoms with Gasteiger partial charge in [0, 0.05) is 18.8 Å². The summed E-state index contributed by atoms with van der Waals surface area (Å²) in [6.45, 7) is 12.8. The number of piperidine rings is 1. The first kappa shape index (κ1) is 16.2. The molecule has 2 aliphatic heterocycles. The van der Waals surface area contributed by atoms with E-state index in [0.29, 0.717) is 5.41 Å². The highest BCUT2D eigenvalue weighted by molar-refractivity contribution is 8.13. The van der Waals surface area contributed by atoms with Crippen LogP contribution in [0.5, 0.6) is 0 Å². The molecular weight excluding hydrogens is 266 g/mol. The molecule has 0 aromatic carbocycles. The Morgan fingerprint density at radius 3 is 2.45 bits per heavy atom. The van der Waals surface area contributed by atoms with E-state index in [-0.39, 0.29) is 0 Å². The zero-order valence-electron chi connectivity index (χ0n) is 13.5. The number of hydrogen-bond acceptors (Lipinski definition) is 4. The Bertz CT molecular complexity index is 318. The van der Waals surface area contributed by atoms with E-state index in [4.69, 9.17) is 4.99 Å². The van der Waals surface area contributed by atoms with Gasteiger partial charge in [-0.2, -0.15) is 0 Å². The number of rotatable bonds is 5. The molecule has 0 aromatic rings. The van der Waals surface area contributed by atoms with Gasteiger partial charge in [0.05, 0.1) is 0 Å². The molecule has 20 heavy (non-hydrogen) atoms. The molecule has 0 amide bonds. The predicted molar refractivity (Wildman–Crippen MR) is 90.6 cm³/mol.